The Hall–Kier alpha value is -3.61. The van der Waals surface area contributed by atoms with Gasteiger partial charge in [-0.3, -0.25) is 14.4 Å². The topological polar surface area (TPSA) is 91.7 Å². The number of benzene rings is 2. The van der Waals surface area contributed by atoms with Crippen LogP contribution in [-0.2, 0) is 4.79 Å². The zero-order valence-corrected chi connectivity index (χ0v) is 17.7. The maximum atomic E-state index is 13.2. The summed E-state index contributed by atoms with van der Waals surface area (Å²) in [5.74, 6) is -0.237. The van der Waals surface area contributed by atoms with Crippen LogP contribution >= 0.6 is 0 Å². The average Bonchev–Trinajstić information content (AvgIpc) is 3.53. The first-order valence-corrected chi connectivity index (χ1v) is 11.0. The van der Waals surface area contributed by atoms with E-state index in [1.165, 1.54) is 12.5 Å². The Morgan fingerprint density at radius 1 is 0.938 bits per heavy atom. The minimum atomic E-state index is -0.207. The summed E-state index contributed by atoms with van der Waals surface area (Å²) in [7, 11) is 0. The lowest BCUT2D eigenvalue weighted by atomic mass is 10.0. The zero-order chi connectivity index (χ0) is 22.1. The minimum absolute atomic E-state index is 0.0274. The molecule has 2 fully saturated rings. The van der Waals surface area contributed by atoms with E-state index in [9.17, 15) is 14.4 Å². The van der Waals surface area contributed by atoms with Gasteiger partial charge in [-0.05, 0) is 54.7 Å². The van der Waals surface area contributed by atoms with Crippen molar-refractivity contribution in [3.8, 4) is 0 Å². The van der Waals surface area contributed by atoms with Gasteiger partial charge in [-0.25, -0.2) is 0 Å². The van der Waals surface area contributed by atoms with Crippen LogP contribution in [0.5, 0.6) is 0 Å². The number of nitrogens with zero attached hydrogens (tertiary/aromatic N) is 1. The van der Waals surface area contributed by atoms with Gasteiger partial charge in [0.05, 0.1) is 23.1 Å². The molecule has 1 aliphatic heterocycles. The molecule has 1 aliphatic carbocycles. The fourth-order valence-corrected chi connectivity index (χ4v) is 4.17. The molecule has 7 nitrogen and oxygen atoms in total. The Kier molecular flexibility index (Phi) is 5.39. The Morgan fingerprint density at radius 2 is 1.66 bits per heavy atom. The number of hydrogen-bond donors (Lipinski definition) is 2. The summed E-state index contributed by atoms with van der Waals surface area (Å²) in [5, 5.41) is 7.98. The lowest BCUT2D eigenvalue weighted by Gasteiger charge is -2.32. The number of likely N-dealkylation sites (tertiary alicyclic amines) is 1. The van der Waals surface area contributed by atoms with Gasteiger partial charge in [0.15, 0.2) is 0 Å². The highest BCUT2D eigenvalue weighted by Gasteiger charge is 2.31. The van der Waals surface area contributed by atoms with Gasteiger partial charge in [0.1, 0.15) is 6.26 Å². The second kappa shape index (κ2) is 8.49. The van der Waals surface area contributed by atoms with Crippen molar-refractivity contribution < 1.29 is 18.8 Å². The monoisotopic (exact) mass is 431 g/mol. The molecular weight excluding hydrogens is 406 g/mol. The normalized spacial score (nSPS) is 16.7. The number of nitrogens with one attached hydrogen (secondary N) is 2. The van der Waals surface area contributed by atoms with Gasteiger partial charge in [-0.1, -0.05) is 24.3 Å². The third-order valence-corrected chi connectivity index (χ3v) is 6.22. The quantitative estimate of drug-likeness (QED) is 0.643. The number of rotatable bonds is 5. The van der Waals surface area contributed by atoms with E-state index in [1.807, 2.05) is 36.4 Å². The summed E-state index contributed by atoms with van der Waals surface area (Å²) in [6, 6.07) is 13.1. The van der Waals surface area contributed by atoms with Crippen LogP contribution in [0.25, 0.3) is 10.8 Å². The van der Waals surface area contributed by atoms with Gasteiger partial charge in [-0.15, -0.1) is 0 Å². The molecule has 0 spiro atoms. The van der Waals surface area contributed by atoms with Crippen molar-refractivity contribution in [2.75, 3.05) is 18.4 Å². The van der Waals surface area contributed by atoms with E-state index in [0.29, 0.717) is 42.7 Å². The molecule has 1 saturated heterocycles. The molecule has 5 rings (SSSR count). The molecule has 7 heteroatoms. The van der Waals surface area contributed by atoms with Crippen LogP contribution in [0.4, 0.5) is 5.69 Å². The highest BCUT2D eigenvalue weighted by atomic mass is 16.3. The van der Waals surface area contributed by atoms with E-state index >= 15 is 0 Å². The fraction of sp³-hybridized carbons (Fsp3) is 0.320. The maximum Gasteiger partial charge on any atom is 0.257 e. The minimum Gasteiger partial charge on any atom is -0.472 e. The van der Waals surface area contributed by atoms with Crippen LogP contribution < -0.4 is 10.6 Å². The summed E-state index contributed by atoms with van der Waals surface area (Å²) >= 11 is 0. The molecule has 0 bridgehead atoms. The largest absolute Gasteiger partial charge is 0.472 e. The molecule has 1 aromatic heterocycles. The highest BCUT2D eigenvalue weighted by molar-refractivity contribution is 6.08. The Labute approximate surface area is 185 Å². The summed E-state index contributed by atoms with van der Waals surface area (Å²) in [5.41, 5.74) is 1.56. The van der Waals surface area contributed by atoms with Crippen molar-refractivity contribution in [2.45, 2.75) is 31.7 Å². The van der Waals surface area contributed by atoms with Gasteiger partial charge in [0.2, 0.25) is 5.91 Å². The van der Waals surface area contributed by atoms with Crippen molar-refractivity contribution >= 4 is 34.2 Å². The predicted molar refractivity (Wildman–Crippen MR) is 120 cm³/mol. The highest BCUT2D eigenvalue weighted by Crippen LogP contribution is 2.32. The summed E-state index contributed by atoms with van der Waals surface area (Å²) in [4.78, 5) is 39.8. The van der Waals surface area contributed by atoms with Crippen molar-refractivity contribution in [2.24, 2.45) is 5.92 Å². The maximum absolute atomic E-state index is 13.2. The Balaban J connectivity index is 1.29. The Morgan fingerprint density at radius 3 is 2.31 bits per heavy atom. The molecule has 32 heavy (non-hydrogen) atoms. The number of hydrogen-bond acceptors (Lipinski definition) is 4. The van der Waals surface area contributed by atoms with Crippen LogP contribution in [-0.4, -0.2) is 41.8 Å². The molecule has 1 saturated carbocycles. The third-order valence-electron chi connectivity index (χ3n) is 6.22. The van der Waals surface area contributed by atoms with Crippen LogP contribution in [0.15, 0.2) is 59.4 Å². The molecule has 3 aromatic rings. The van der Waals surface area contributed by atoms with Gasteiger partial charge >= 0.3 is 0 Å². The number of carbonyl (C=O) groups is 3. The molecule has 2 heterocycles. The van der Waals surface area contributed by atoms with Crippen molar-refractivity contribution in [3.05, 3.63) is 66.1 Å². The SMILES string of the molecule is O=C(NC1CCN(C(=O)c2ccoc2)CC1)c1cc2ccccc2cc1NC(=O)C1CC1. The first-order valence-electron chi connectivity index (χ1n) is 11.0. The van der Waals surface area contributed by atoms with Crippen LogP contribution in [0.1, 0.15) is 46.4 Å². The Bertz CT molecular complexity index is 1160. The van der Waals surface area contributed by atoms with Gasteiger partial charge in [0.25, 0.3) is 11.8 Å². The van der Waals surface area contributed by atoms with E-state index < -0.39 is 0 Å². The van der Waals surface area contributed by atoms with Crippen LogP contribution in [0, 0.1) is 5.92 Å². The van der Waals surface area contributed by atoms with Crippen LogP contribution in [0.3, 0.4) is 0 Å². The molecule has 0 radical (unpaired) electrons. The fourth-order valence-electron chi connectivity index (χ4n) is 4.17. The molecule has 2 aromatic carbocycles. The number of fused-ring (bicyclic) bond motifs is 1. The van der Waals surface area contributed by atoms with Crippen molar-refractivity contribution in [3.63, 3.8) is 0 Å². The molecule has 2 aliphatic rings. The van der Waals surface area contributed by atoms with E-state index in [1.54, 1.807) is 11.0 Å². The lowest BCUT2D eigenvalue weighted by molar-refractivity contribution is -0.117. The van der Waals surface area contributed by atoms with E-state index in [4.69, 9.17) is 4.42 Å². The van der Waals surface area contributed by atoms with E-state index in [2.05, 4.69) is 10.6 Å². The van der Waals surface area contributed by atoms with E-state index in [0.717, 1.165) is 23.6 Å². The molecule has 0 unspecified atom stereocenters. The van der Waals surface area contributed by atoms with Crippen molar-refractivity contribution in [1.29, 1.82) is 0 Å². The third kappa shape index (κ3) is 4.23. The number of furan rings is 1. The number of carbonyl (C=O) groups excluding carboxylic acids is 3. The standard InChI is InChI=1S/C25H25N3O4/c29-23(16-5-6-16)27-22-14-18-4-2-1-3-17(18)13-21(22)24(30)26-20-7-10-28(11-8-20)25(31)19-9-12-32-15-19/h1-4,9,12-16,20H,5-8,10-11H2,(H,26,30)(H,27,29). The molecule has 3 amide bonds. The predicted octanol–water partition coefficient (Wildman–Crippen LogP) is 3.82. The first kappa shape index (κ1) is 20.3. The molecule has 0 atom stereocenters. The summed E-state index contributed by atoms with van der Waals surface area (Å²) in [6.45, 7) is 1.13. The number of piperidine rings is 1. The van der Waals surface area contributed by atoms with Gasteiger partial charge < -0.3 is 20.0 Å². The first-order chi connectivity index (χ1) is 15.6. The van der Waals surface area contributed by atoms with Crippen molar-refractivity contribution in [1.82, 2.24) is 10.2 Å². The zero-order valence-electron chi connectivity index (χ0n) is 17.7. The van der Waals surface area contributed by atoms with E-state index in [-0.39, 0.29) is 29.7 Å². The lowest BCUT2D eigenvalue weighted by Crippen LogP contribution is -2.46. The summed E-state index contributed by atoms with van der Waals surface area (Å²) in [6.07, 6.45) is 6.09. The number of amides is 3. The number of anilines is 1. The van der Waals surface area contributed by atoms with Gasteiger partial charge in [0, 0.05) is 25.0 Å². The smallest absolute Gasteiger partial charge is 0.257 e. The molecular formula is C25H25N3O4. The van der Waals surface area contributed by atoms with Crippen LogP contribution in [0.2, 0.25) is 0 Å². The average molecular weight is 431 g/mol. The molecule has 164 valence electrons. The van der Waals surface area contributed by atoms with Gasteiger partial charge in [-0.2, -0.15) is 0 Å². The summed E-state index contributed by atoms with van der Waals surface area (Å²) < 4.78 is 5.00. The second-order valence-corrected chi connectivity index (χ2v) is 8.56. The molecule has 2 N–H and O–H groups in total. The second-order valence-electron chi connectivity index (χ2n) is 8.56.